The second-order valence-electron chi connectivity index (χ2n) is 8.60. The molecule has 1 aliphatic rings. The topological polar surface area (TPSA) is 80.3 Å². The molecule has 0 saturated carbocycles. The van der Waals surface area contributed by atoms with E-state index in [9.17, 15) is 9.90 Å². The molecule has 0 bridgehead atoms. The molecule has 1 aliphatic heterocycles. The summed E-state index contributed by atoms with van der Waals surface area (Å²) >= 11 is 0. The summed E-state index contributed by atoms with van der Waals surface area (Å²) in [6.07, 6.45) is 1.28. The number of halogens is 1. The number of para-hydroxylation sites is 1. The van der Waals surface area contributed by atoms with Crippen molar-refractivity contribution in [3.63, 3.8) is 0 Å². The number of hydrogen-bond donors (Lipinski definition) is 2. The number of methoxy groups -OCH3 is 1. The first-order valence-corrected chi connectivity index (χ1v) is 11.8. The fourth-order valence-electron chi connectivity index (χ4n) is 4.05. The largest absolute Gasteiger partial charge is 0.491 e. The van der Waals surface area contributed by atoms with Crippen LogP contribution in [0.2, 0.25) is 0 Å². The van der Waals surface area contributed by atoms with Gasteiger partial charge in [0, 0.05) is 31.5 Å². The van der Waals surface area contributed by atoms with Gasteiger partial charge in [0.1, 0.15) is 30.3 Å². The van der Waals surface area contributed by atoms with E-state index < -0.39 is 6.10 Å². The molecule has 2 N–H and O–H groups in total. The van der Waals surface area contributed by atoms with Crippen molar-refractivity contribution < 1.29 is 24.1 Å². The predicted octanol–water partition coefficient (Wildman–Crippen LogP) is 4.39. The lowest BCUT2D eigenvalue weighted by Gasteiger charge is -2.28. The second kappa shape index (κ2) is 13.2. The maximum absolute atomic E-state index is 11.7. The molecule has 0 spiro atoms. The minimum atomic E-state index is -0.592. The molecule has 1 heterocycles. The van der Waals surface area contributed by atoms with E-state index in [0.717, 1.165) is 35.7 Å². The summed E-state index contributed by atoms with van der Waals surface area (Å²) in [6.45, 7) is 1.35. The maximum atomic E-state index is 11.7. The lowest BCUT2D eigenvalue weighted by atomic mass is 10.0. The number of aliphatic hydroxyl groups is 1. The van der Waals surface area contributed by atoms with Crippen LogP contribution in [0.25, 0.3) is 0 Å². The monoisotopic (exact) mass is 512 g/mol. The Hall–Kier alpha value is -3.26. The van der Waals surface area contributed by atoms with Crippen molar-refractivity contribution in [2.24, 2.45) is 0 Å². The SMILES string of the molecule is COC(=O)c1ccc(N(C)c2ccc3c(c2)CC[C@H](CNC[C@H](O)COc2ccccc2)O3)cc1.Cl. The number of ether oxygens (including phenoxy) is 3. The van der Waals surface area contributed by atoms with Crippen molar-refractivity contribution in [2.45, 2.75) is 25.0 Å². The van der Waals surface area contributed by atoms with Gasteiger partial charge in [0.2, 0.25) is 0 Å². The molecule has 0 fully saturated rings. The van der Waals surface area contributed by atoms with Gasteiger partial charge in [0.15, 0.2) is 0 Å². The number of aliphatic hydroxyl groups excluding tert-OH is 1. The molecule has 0 unspecified atom stereocenters. The summed E-state index contributed by atoms with van der Waals surface area (Å²) in [6, 6.07) is 23.0. The number of nitrogens with one attached hydrogen (secondary N) is 1. The molecule has 192 valence electrons. The number of carbonyl (C=O) groups excluding carboxylic acids is 1. The van der Waals surface area contributed by atoms with Gasteiger partial charge >= 0.3 is 5.97 Å². The van der Waals surface area contributed by atoms with Crippen molar-refractivity contribution >= 4 is 29.8 Å². The smallest absolute Gasteiger partial charge is 0.337 e. The van der Waals surface area contributed by atoms with Crippen molar-refractivity contribution in [2.75, 3.05) is 38.8 Å². The molecule has 0 saturated heterocycles. The van der Waals surface area contributed by atoms with Crippen molar-refractivity contribution in [1.82, 2.24) is 5.32 Å². The average Bonchev–Trinajstić information content (AvgIpc) is 2.91. The molecule has 3 aromatic rings. The summed E-state index contributed by atoms with van der Waals surface area (Å²) in [7, 11) is 3.38. The zero-order valence-electron chi connectivity index (χ0n) is 20.6. The van der Waals surface area contributed by atoms with Gasteiger partial charge < -0.3 is 29.5 Å². The first-order valence-electron chi connectivity index (χ1n) is 11.8. The summed E-state index contributed by atoms with van der Waals surface area (Å²) in [5.74, 6) is 1.31. The zero-order valence-corrected chi connectivity index (χ0v) is 21.4. The number of carbonyl (C=O) groups is 1. The van der Waals surface area contributed by atoms with E-state index in [1.165, 1.54) is 12.7 Å². The molecule has 3 aromatic carbocycles. The summed E-state index contributed by atoms with van der Waals surface area (Å²) in [5, 5.41) is 13.5. The van der Waals surface area contributed by atoms with Crippen LogP contribution in [0.3, 0.4) is 0 Å². The van der Waals surface area contributed by atoms with Crippen molar-refractivity contribution in [3.05, 3.63) is 83.9 Å². The number of fused-ring (bicyclic) bond motifs is 1. The molecule has 0 amide bonds. The van der Waals surface area contributed by atoms with Gasteiger partial charge in [0.05, 0.1) is 12.7 Å². The molecule has 0 aromatic heterocycles. The van der Waals surface area contributed by atoms with Crippen LogP contribution in [0.5, 0.6) is 11.5 Å². The van der Waals surface area contributed by atoms with Crippen LogP contribution in [0.15, 0.2) is 72.8 Å². The Labute approximate surface area is 218 Å². The number of rotatable bonds is 10. The van der Waals surface area contributed by atoms with E-state index in [1.807, 2.05) is 61.6 Å². The van der Waals surface area contributed by atoms with E-state index in [1.54, 1.807) is 12.1 Å². The highest BCUT2D eigenvalue weighted by Crippen LogP contribution is 2.33. The van der Waals surface area contributed by atoms with Crippen LogP contribution in [-0.2, 0) is 11.2 Å². The minimum absolute atomic E-state index is 0. The Morgan fingerprint density at radius 1 is 1.11 bits per heavy atom. The molecule has 0 aliphatic carbocycles. The summed E-state index contributed by atoms with van der Waals surface area (Å²) in [4.78, 5) is 13.7. The molecule has 2 atom stereocenters. The van der Waals surface area contributed by atoms with Crippen LogP contribution in [-0.4, -0.2) is 57.1 Å². The lowest BCUT2D eigenvalue weighted by molar-refractivity contribution is 0.0600. The Kier molecular flexibility index (Phi) is 9.99. The van der Waals surface area contributed by atoms with E-state index in [4.69, 9.17) is 14.2 Å². The molecule has 4 rings (SSSR count). The Morgan fingerprint density at radius 2 is 1.83 bits per heavy atom. The lowest BCUT2D eigenvalue weighted by Crippen LogP contribution is -2.39. The van der Waals surface area contributed by atoms with Gasteiger partial charge in [-0.15, -0.1) is 12.4 Å². The third-order valence-electron chi connectivity index (χ3n) is 6.07. The molecule has 0 radical (unpaired) electrons. The molecule has 8 heteroatoms. The number of esters is 1. The van der Waals surface area contributed by atoms with E-state index in [-0.39, 0.29) is 31.1 Å². The fourth-order valence-corrected chi connectivity index (χ4v) is 4.05. The van der Waals surface area contributed by atoms with Crippen molar-refractivity contribution in [1.29, 1.82) is 0 Å². The van der Waals surface area contributed by atoms with Crippen LogP contribution in [0.1, 0.15) is 22.3 Å². The normalized spacial score (nSPS) is 15.0. The van der Waals surface area contributed by atoms with Gasteiger partial charge in [-0.05, 0) is 73.0 Å². The van der Waals surface area contributed by atoms with Crippen LogP contribution in [0.4, 0.5) is 11.4 Å². The van der Waals surface area contributed by atoms with E-state index in [0.29, 0.717) is 18.7 Å². The highest BCUT2D eigenvalue weighted by molar-refractivity contribution is 5.89. The number of hydrogen-bond acceptors (Lipinski definition) is 7. The van der Waals surface area contributed by atoms with Gasteiger partial charge in [0.25, 0.3) is 0 Å². The highest BCUT2D eigenvalue weighted by atomic mass is 35.5. The first-order chi connectivity index (χ1) is 17.0. The fraction of sp³-hybridized carbons (Fsp3) is 0.321. The summed E-state index contributed by atoms with van der Waals surface area (Å²) < 4.78 is 16.6. The second-order valence-corrected chi connectivity index (χ2v) is 8.60. The molecular formula is C28H33ClN2O5. The third-order valence-corrected chi connectivity index (χ3v) is 6.07. The zero-order chi connectivity index (χ0) is 24.6. The quantitative estimate of drug-likeness (QED) is 0.390. The first kappa shape index (κ1) is 27.3. The molecular weight excluding hydrogens is 480 g/mol. The highest BCUT2D eigenvalue weighted by Gasteiger charge is 2.21. The Bertz CT molecular complexity index is 1110. The van der Waals surface area contributed by atoms with Crippen molar-refractivity contribution in [3.8, 4) is 11.5 Å². The maximum Gasteiger partial charge on any atom is 0.337 e. The van der Waals surface area contributed by atoms with Gasteiger partial charge in [-0.1, -0.05) is 18.2 Å². The van der Waals surface area contributed by atoms with Gasteiger partial charge in [-0.25, -0.2) is 4.79 Å². The Balaban J connectivity index is 0.00000361. The predicted molar refractivity (Wildman–Crippen MR) is 143 cm³/mol. The van der Waals surface area contributed by atoms with Gasteiger partial charge in [-0.3, -0.25) is 0 Å². The molecule has 7 nitrogen and oxygen atoms in total. The number of aryl methyl sites for hydroxylation is 1. The van der Waals surface area contributed by atoms with E-state index in [2.05, 4.69) is 16.3 Å². The van der Waals surface area contributed by atoms with Crippen LogP contribution in [0, 0.1) is 0 Å². The van der Waals surface area contributed by atoms with Crippen LogP contribution < -0.4 is 19.7 Å². The average molecular weight is 513 g/mol. The third kappa shape index (κ3) is 7.13. The standard InChI is InChI=1S/C28H32N2O5.ClH/c1-30(22-11-8-20(9-12-22)28(32)33-2)23-13-15-27-21(16-23)10-14-26(35-27)18-29-17-24(31)19-34-25-6-4-3-5-7-25;/h3-9,11-13,15-16,24,26,29,31H,10,14,17-19H2,1-2H3;1H/t24-,26+;/m0./s1. The summed E-state index contributed by atoms with van der Waals surface area (Å²) in [5.41, 5.74) is 3.73. The number of benzene rings is 3. The molecule has 36 heavy (non-hydrogen) atoms. The van der Waals surface area contributed by atoms with Crippen LogP contribution >= 0.6 is 12.4 Å². The number of anilines is 2. The van der Waals surface area contributed by atoms with E-state index >= 15 is 0 Å². The minimum Gasteiger partial charge on any atom is -0.491 e. The van der Waals surface area contributed by atoms with Gasteiger partial charge in [-0.2, -0.15) is 0 Å². The number of nitrogens with zero attached hydrogens (tertiary/aromatic N) is 1. The Morgan fingerprint density at radius 3 is 2.56 bits per heavy atom.